The molecular formula is C16H16N4O4. The average Bonchev–Trinajstić information content (AvgIpc) is 2.86. The van der Waals surface area contributed by atoms with E-state index >= 15 is 0 Å². The van der Waals surface area contributed by atoms with Gasteiger partial charge < -0.3 is 15.0 Å². The highest BCUT2D eigenvalue weighted by molar-refractivity contribution is 5.93. The maximum Gasteiger partial charge on any atom is 0.358 e. The van der Waals surface area contributed by atoms with Crippen molar-refractivity contribution >= 4 is 34.2 Å². The summed E-state index contributed by atoms with van der Waals surface area (Å²) in [5, 5.41) is 2.69. The number of rotatable bonds is 3. The number of aromatic amines is 1. The number of esters is 1. The van der Waals surface area contributed by atoms with E-state index in [9.17, 15) is 14.4 Å². The number of hydrogen-bond donors (Lipinski definition) is 2. The molecule has 0 saturated carbocycles. The van der Waals surface area contributed by atoms with Crippen molar-refractivity contribution < 1.29 is 14.3 Å². The van der Waals surface area contributed by atoms with Gasteiger partial charge in [0.15, 0.2) is 5.69 Å². The molecule has 0 aliphatic heterocycles. The van der Waals surface area contributed by atoms with E-state index in [2.05, 4.69) is 15.3 Å². The Morgan fingerprint density at radius 2 is 2.12 bits per heavy atom. The van der Waals surface area contributed by atoms with E-state index in [1.165, 1.54) is 6.92 Å². The third kappa shape index (κ3) is 2.51. The van der Waals surface area contributed by atoms with Crippen LogP contribution in [0.15, 0.2) is 23.0 Å². The maximum atomic E-state index is 12.2. The standard InChI is InChI=1S/C16H16N4O4/c1-4-24-16(23)13-8(2)20-12-7-10(17-9(3)21)5-6-11(12)18-15(22)14(20)19-13/h5-7H,4H2,1-3H3,(H,17,21)(H,18,22). The number of carbonyl (C=O) groups excluding carboxylic acids is 2. The van der Waals surface area contributed by atoms with Crippen LogP contribution < -0.4 is 10.9 Å². The molecule has 0 aliphatic rings. The van der Waals surface area contributed by atoms with E-state index in [0.29, 0.717) is 22.4 Å². The highest BCUT2D eigenvalue weighted by Gasteiger charge is 2.20. The minimum atomic E-state index is -0.579. The molecule has 3 rings (SSSR count). The first kappa shape index (κ1) is 15.7. The molecule has 0 radical (unpaired) electrons. The fraction of sp³-hybridized carbons (Fsp3) is 0.250. The molecule has 3 aromatic rings. The Morgan fingerprint density at radius 1 is 1.38 bits per heavy atom. The highest BCUT2D eigenvalue weighted by atomic mass is 16.5. The molecule has 8 heteroatoms. The zero-order valence-electron chi connectivity index (χ0n) is 13.5. The Bertz CT molecular complexity index is 1030. The van der Waals surface area contributed by atoms with Gasteiger partial charge in [0, 0.05) is 12.6 Å². The second-order valence-corrected chi connectivity index (χ2v) is 5.29. The quantitative estimate of drug-likeness (QED) is 0.711. The lowest BCUT2D eigenvalue weighted by Gasteiger charge is -2.07. The predicted octanol–water partition coefficient (Wildman–Crippen LogP) is 1.62. The van der Waals surface area contributed by atoms with Gasteiger partial charge in [0.1, 0.15) is 0 Å². The lowest BCUT2D eigenvalue weighted by atomic mass is 10.2. The van der Waals surface area contributed by atoms with Gasteiger partial charge in [-0.25, -0.2) is 9.78 Å². The van der Waals surface area contributed by atoms with Gasteiger partial charge in [0.2, 0.25) is 11.6 Å². The Labute approximate surface area is 136 Å². The Hall–Kier alpha value is -3.16. The monoisotopic (exact) mass is 328 g/mol. The maximum absolute atomic E-state index is 12.2. The van der Waals surface area contributed by atoms with E-state index in [-0.39, 0.29) is 23.9 Å². The van der Waals surface area contributed by atoms with Gasteiger partial charge in [-0.2, -0.15) is 0 Å². The van der Waals surface area contributed by atoms with Crippen LogP contribution in [-0.2, 0) is 9.53 Å². The topological polar surface area (TPSA) is 106 Å². The zero-order chi connectivity index (χ0) is 17.4. The zero-order valence-corrected chi connectivity index (χ0v) is 13.5. The summed E-state index contributed by atoms with van der Waals surface area (Å²) >= 11 is 0. The van der Waals surface area contributed by atoms with Crippen LogP contribution in [0, 0.1) is 6.92 Å². The van der Waals surface area contributed by atoms with E-state index in [0.717, 1.165) is 0 Å². The molecular weight excluding hydrogens is 312 g/mol. The molecule has 8 nitrogen and oxygen atoms in total. The molecule has 2 aromatic heterocycles. The van der Waals surface area contributed by atoms with Gasteiger partial charge in [-0.3, -0.25) is 14.0 Å². The number of benzene rings is 1. The molecule has 24 heavy (non-hydrogen) atoms. The van der Waals surface area contributed by atoms with Gasteiger partial charge in [0.05, 0.1) is 23.3 Å². The Morgan fingerprint density at radius 3 is 2.79 bits per heavy atom. The van der Waals surface area contributed by atoms with Gasteiger partial charge in [-0.1, -0.05) is 0 Å². The average molecular weight is 328 g/mol. The van der Waals surface area contributed by atoms with Gasteiger partial charge >= 0.3 is 5.97 Å². The van der Waals surface area contributed by atoms with Gasteiger partial charge in [-0.15, -0.1) is 0 Å². The predicted molar refractivity (Wildman–Crippen MR) is 88.3 cm³/mol. The minimum absolute atomic E-state index is 0.0970. The summed E-state index contributed by atoms with van der Waals surface area (Å²) in [5.41, 5.74) is 2.05. The number of aromatic nitrogens is 3. The summed E-state index contributed by atoms with van der Waals surface area (Å²) in [6.07, 6.45) is 0. The second kappa shape index (κ2) is 5.80. The van der Waals surface area contributed by atoms with Crippen molar-refractivity contribution in [3.05, 3.63) is 39.9 Å². The molecule has 0 fully saturated rings. The van der Waals surface area contributed by atoms with Crippen LogP contribution in [-0.4, -0.2) is 32.9 Å². The molecule has 0 spiro atoms. The van der Waals surface area contributed by atoms with E-state index in [4.69, 9.17) is 4.74 Å². The number of amides is 1. The summed E-state index contributed by atoms with van der Waals surface area (Å²) in [7, 11) is 0. The summed E-state index contributed by atoms with van der Waals surface area (Å²) in [4.78, 5) is 42.4. The fourth-order valence-electron chi connectivity index (χ4n) is 2.62. The van der Waals surface area contributed by atoms with E-state index < -0.39 is 11.5 Å². The van der Waals surface area contributed by atoms with Crippen molar-refractivity contribution in [1.82, 2.24) is 14.4 Å². The summed E-state index contributed by atoms with van der Waals surface area (Å²) < 4.78 is 6.57. The first-order chi connectivity index (χ1) is 11.4. The molecule has 1 aromatic carbocycles. The molecule has 0 aliphatic carbocycles. The molecule has 2 heterocycles. The van der Waals surface area contributed by atoms with Crippen LogP contribution in [0.5, 0.6) is 0 Å². The third-order valence-electron chi connectivity index (χ3n) is 3.59. The summed E-state index contributed by atoms with van der Waals surface area (Å²) in [6, 6.07) is 5.08. The molecule has 124 valence electrons. The van der Waals surface area contributed by atoms with Crippen molar-refractivity contribution in [2.24, 2.45) is 0 Å². The van der Waals surface area contributed by atoms with Crippen molar-refractivity contribution in [2.75, 3.05) is 11.9 Å². The SMILES string of the molecule is CCOC(=O)c1nc2c(=O)[nH]c3ccc(NC(C)=O)cc3n2c1C. The van der Waals surface area contributed by atoms with Crippen molar-refractivity contribution in [1.29, 1.82) is 0 Å². The Balaban J connectivity index is 2.33. The number of anilines is 1. The summed E-state index contributed by atoms with van der Waals surface area (Å²) in [6.45, 7) is 5.02. The Kier molecular flexibility index (Phi) is 3.80. The number of hydrogen-bond acceptors (Lipinski definition) is 5. The number of carbonyl (C=O) groups is 2. The summed E-state index contributed by atoms with van der Waals surface area (Å²) in [5.74, 6) is -0.783. The van der Waals surface area contributed by atoms with Crippen LogP contribution in [0.1, 0.15) is 30.0 Å². The molecule has 0 atom stereocenters. The first-order valence-corrected chi connectivity index (χ1v) is 7.42. The van der Waals surface area contributed by atoms with Crippen LogP contribution in [0.3, 0.4) is 0 Å². The molecule has 0 unspecified atom stereocenters. The smallest absolute Gasteiger partial charge is 0.358 e. The number of aryl methyl sites for hydroxylation is 1. The van der Waals surface area contributed by atoms with E-state index in [1.807, 2.05) is 0 Å². The number of imidazole rings is 1. The van der Waals surface area contributed by atoms with Crippen LogP contribution in [0.2, 0.25) is 0 Å². The van der Waals surface area contributed by atoms with Crippen LogP contribution in [0.4, 0.5) is 5.69 Å². The largest absolute Gasteiger partial charge is 0.461 e. The fourth-order valence-corrected chi connectivity index (χ4v) is 2.62. The number of fused-ring (bicyclic) bond motifs is 3. The van der Waals surface area contributed by atoms with Crippen molar-refractivity contribution in [2.45, 2.75) is 20.8 Å². The normalized spacial score (nSPS) is 11.0. The van der Waals surface area contributed by atoms with Gasteiger partial charge in [0.25, 0.3) is 5.56 Å². The lowest BCUT2D eigenvalue weighted by molar-refractivity contribution is -0.114. The molecule has 0 saturated heterocycles. The van der Waals surface area contributed by atoms with Gasteiger partial charge in [-0.05, 0) is 32.0 Å². The minimum Gasteiger partial charge on any atom is -0.461 e. The second-order valence-electron chi connectivity index (χ2n) is 5.29. The highest BCUT2D eigenvalue weighted by Crippen LogP contribution is 2.21. The first-order valence-electron chi connectivity index (χ1n) is 7.42. The van der Waals surface area contributed by atoms with Crippen molar-refractivity contribution in [3.63, 3.8) is 0 Å². The number of H-pyrrole nitrogens is 1. The number of nitrogens with one attached hydrogen (secondary N) is 2. The third-order valence-corrected chi connectivity index (χ3v) is 3.59. The number of ether oxygens (including phenoxy) is 1. The lowest BCUT2D eigenvalue weighted by Crippen LogP contribution is -2.12. The number of nitrogens with zero attached hydrogens (tertiary/aromatic N) is 2. The molecule has 2 N–H and O–H groups in total. The van der Waals surface area contributed by atoms with Crippen LogP contribution >= 0.6 is 0 Å². The van der Waals surface area contributed by atoms with E-state index in [1.54, 1.807) is 36.4 Å². The molecule has 1 amide bonds. The molecule has 0 bridgehead atoms. The van der Waals surface area contributed by atoms with Crippen LogP contribution in [0.25, 0.3) is 16.7 Å². The van der Waals surface area contributed by atoms with Crippen molar-refractivity contribution in [3.8, 4) is 0 Å².